The van der Waals surface area contributed by atoms with E-state index < -0.39 is 6.10 Å². The van der Waals surface area contributed by atoms with E-state index >= 15 is 0 Å². The Balaban J connectivity index is 1.77. The van der Waals surface area contributed by atoms with Crippen molar-refractivity contribution in [2.24, 2.45) is 0 Å². The van der Waals surface area contributed by atoms with E-state index in [0.29, 0.717) is 24.4 Å². The second kappa shape index (κ2) is 6.27. The van der Waals surface area contributed by atoms with E-state index in [4.69, 9.17) is 4.52 Å². The highest BCUT2D eigenvalue weighted by Gasteiger charge is 2.31. The van der Waals surface area contributed by atoms with Crippen LogP contribution in [0.5, 0.6) is 0 Å². The molecule has 3 heterocycles. The number of pyridine rings is 1. The molecule has 0 bridgehead atoms. The van der Waals surface area contributed by atoms with Crippen LogP contribution in [0.4, 0.5) is 0 Å². The van der Waals surface area contributed by atoms with Crippen LogP contribution in [0.3, 0.4) is 0 Å². The van der Waals surface area contributed by atoms with Gasteiger partial charge in [0.05, 0.1) is 6.10 Å². The summed E-state index contributed by atoms with van der Waals surface area (Å²) in [6.45, 7) is 2.45. The van der Waals surface area contributed by atoms with Crippen molar-refractivity contribution in [2.45, 2.75) is 38.3 Å². The van der Waals surface area contributed by atoms with Crippen molar-refractivity contribution in [3.63, 3.8) is 0 Å². The Labute approximate surface area is 128 Å². The lowest BCUT2D eigenvalue weighted by Gasteiger charge is -2.24. The first-order valence-electron chi connectivity index (χ1n) is 7.51. The largest absolute Gasteiger partial charge is 0.393 e. The van der Waals surface area contributed by atoms with Gasteiger partial charge in [-0.1, -0.05) is 5.16 Å². The zero-order valence-corrected chi connectivity index (χ0v) is 12.5. The summed E-state index contributed by atoms with van der Waals surface area (Å²) in [5.74, 6) is 0.393. The van der Waals surface area contributed by atoms with Gasteiger partial charge in [-0.25, -0.2) is 0 Å². The summed E-state index contributed by atoms with van der Waals surface area (Å²) in [5.41, 5.74) is 1.09. The first-order chi connectivity index (χ1) is 10.6. The van der Waals surface area contributed by atoms with E-state index in [1.807, 2.05) is 6.07 Å². The van der Waals surface area contributed by atoms with Gasteiger partial charge in [0.1, 0.15) is 0 Å². The first-order valence-corrected chi connectivity index (χ1v) is 7.51. The number of aliphatic hydroxyl groups is 1. The molecule has 0 saturated carbocycles. The smallest absolute Gasteiger partial charge is 0.276 e. The number of amides is 1. The minimum atomic E-state index is -0.415. The molecule has 2 unspecified atom stereocenters. The fourth-order valence-corrected chi connectivity index (χ4v) is 2.91. The maximum atomic E-state index is 12.6. The maximum Gasteiger partial charge on any atom is 0.276 e. The molecule has 22 heavy (non-hydrogen) atoms. The van der Waals surface area contributed by atoms with Crippen molar-refractivity contribution in [3.05, 3.63) is 36.3 Å². The molecule has 6 heteroatoms. The van der Waals surface area contributed by atoms with E-state index in [0.717, 1.165) is 18.4 Å². The minimum absolute atomic E-state index is 0.0750. The average Bonchev–Trinajstić information content (AvgIpc) is 3.16. The van der Waals surface area contributed by atoms with Gasteiger partial charge in [0.25, 0.3) is 5.91 Å². The molecule has 0 aliphatic carbocycles. The van der Waals surface area contributed by atoms with Crippen molar-refractivity contribution in [3.8, 4) is 11.3 Å². The summed E-state index contributed by atoms with van der Waals surface area (Å²) >= 11 is 0. The first kappa shape index (κ1) is 14.7. The molecule has 1 aliphatic rings. The fraction of sp³-hybridized carbons (Fsp3) is 0.438. The lowest BCUT2D eigenvalue weighted by Crippen LogP contribution is -2.37. The molecule has 1 amide bonds. The predicted molar refractivity (Wildman–Crippen MR) is 80.1 cm³/mol. The Kier molecular flexibility index (Phi) is 4.20. The van der Waals surface area contributed by atoms with Gasteiger partial charge < -0.3 is 14.5 Å². The van der Waals surface area contributed by atoms with E-state index in [1.54, 1.807) is 36.4 Å². The number of carbonyl (C=O) groups is 1. The normalized spacial score (nSPS) is 19.4. The zero-order chi connectivity index (χ0) is 15.5. The number of rotatable bonds is 4. The number of likely N-dealkylation sites (tertiary alicyclic amines) is 1. The quantitative estimate of drug-likeness (QED) is 0.935. The van der Waals surface area contributed by atoms with Crippen molar-refractivity contribution < 1.29 is 14.4 Å². The molecule has 0 radical (unpaired) electrons. The summed E-state index contributed by atoms with van der Waals surface area (Å²) in [6.07, 6.45) is 5.40. The third kappa shape index (κ3) is 3.01. The molecule has 1 N–H and O–H groups in total. The number of carbonyl (C=O) groups excluding carboxylic acids is 1. The maximum absolute atomic E-state index is 12.6. The second-order valence-corrected chi connectivity index (χ2v) is 5.70. The molecule has 3 rings (SSSR count). The molecule has 1 aliphatic heterocycles. The van der Waals surface area contributed by atoms with Gasteiger partial charge in [-0.3, -0.25) is 9.78 Å². The Hall–Kier alpha value is -2.21. The zero-order valence-electron chi connectivity index (χ0n) is 12.5. The molecule has 6 nitrogen and oxygen atoms in total. The van der Waals surface area contributed by atoms with Crippen LogP contribution in [0, 0.1) is 0 Å². The van der Waals surface area contributed by atoms with Crippen LogP contribution in [0.25, 0.3) is 11.3 Å². The van der Waals surface area contributed by atoms with Gasteiger partial charge in [0.15, 0.2) is 11.5 Å². The van der Waals surface area contributed by atoms with Gasteiger partial charge in [0, 0.05) is 36.6 Å². The van der Waals surface area contributed by atoms with E-state index in [2.05, 4.69) is 10.1 Å². The predicted octanol–water partition coefficient (Wildman–Crippen LogP) is 2.11. The summed E-state index contributed by atoms with van der Waals surface area (Å²) in [6, 6.07) is 5.38. The van der Waals surface area contributed by atoms with Crippen LogP contribution in [-0.4, -0.2) is 44.7 Å². The number of hydrogen-bond acceptors (Lipinski definition) is 5. The van der Waals surface area contributed by atoms with Crippen molar-refractivity contribution in [1.82, 2.24) is 15.0 Å². The van der Waals surface area contributed by atoms with Crippen LogP contribution in [0.1, 0.15) is 36.7 Å². The Morgan fingerprint density at radius 3 is 3.18 bits per heavy atom. The van der Waals surface area contributed by atoms with Gasteiger partial charge in [-0.05, 0) is 38.3 Å². The molecular formula is C16H19N3O3. The molecular weight excluding hydrogens is 282 g/mol. The molecule has 0 aromatic carbocycles. The molecule has 2 aromatic rings. The minimum Gasteiger partial charge on any atom is -0.393 e. The van der Waals surface area contributed by atoms with Crippen LogP contribution >= 0.6 is 0 Å². The van der Waals surface area contributed by atoms with Gasteiger partial charge in [-0.15, -0.1) is 0 Å². The lowest BCUT2D eigenvalue weighted by molar-refractivity contribution is 0.0672. The number of aromatic nitrogens is 2. The van der Waals surface area contributed by atoms with Gasteiger partial charge in [0.2, 0.25) is 0 Å². The van der Waals surface area contributed by atoms with E-state index in [9.17, 15) is 9.90 Å². The highest BCUT2D eigenvalue weighted by molar-refractivity contribution is 5.93. The number of nitrogens with zero attached hydrogens (tertiary/aromatic N) is 3. The second-order valence-electron chi connectivity index (χ2n) is 5.70. The SMILES string of the molecule is CC(O)CC1CCCN1C(=O)c1cc(-c2cccnc2)on1. The highest BCUT2D eigenvalue weighted by Crippen LogP contribution is 2.25. The molecule has 2 atom stereocenters. The number of hydrogen-bond donors (Lipinski definition) is 1. The third-order valence-electron chi connectivity index (χ3n) is 3.93. The van der Waals surface area contributed by atoms with Crippen LogP contribution in [-0.2, 0) is 0 Å². The topological polar surface area (TPSA) is 79.5 Å². The summed E-state index contributed by atoms with van der Waals surface area (Å²) < 4.78 is 5.26. The van der Waals surface area contributed by atoms with E-state index in [-0.39, 0.29) is 11.9 Å². The monoisotopic (exact) mass is 301 g/mol. The highest BCUT2D eigenvalue weighted by atomic mass is 16.5. The van der Waals surface area contributed by atoms with Gasteiger partial charge in [-0.2, -0.15) is 0 Å². The molecule has 1 fully saturated rings. The Morgan fingerprint density at radius 1 is 1.59 bits per heavy atom. The van der Waals surface area contributed by atoms with Crippen molar-refractivity contribution in [1.29, 1.82) is 0 Å². The molecule has 2 aromatic heterocycles. The standard InChI is InChI=1S/C16H19N3O3/c1-11(20)8-13-5-3-7-19(13)16(21)14-9-15(22-18-14)12-4-2-6-17-10-12/h2,4,6,9-11,13,20H,3,5,7-8H2,1H3. The summed E-state index contributed by atoms with van der Waals surface area (Å²) in [5, 5.41) is 13.5. The van der Waals surface area contributed by atoms with Crippen LogP contribution in [0.15, 0.2) is 35.1 Å². The third-order valence-corrected chi connectivity index (χ3v) is 3.93. The Morgan fingerprint density at radius 2 is 2.45 bits per heavy atom. The fourth-order valence-electron chi connectivity index (χ4n) is 2.91. The Bertz CT molecular complexity index is 639. The molecule has 1 saturated heterocycles. The lowest BCUT2D eigenvalue weighted by atomic mass is 10.1. The van der Waals surface area contributed by atoms with Crippen molar-refractivity contribution in [2.75, 3.05) is 6.54 Å². The summed E-state index contributed by atoms with van der Waals surface area (Å²) in [7, 11) is 0. The number of aliphatic hydroxyl groups excluding tert-OH is 1. The van der Waals surface area contributed by atoms with Crippen molar-refractivity contribution >= 4 is 5.91 Å². The molecule has 0 spiro atoms. The summed E-state index contributed by atoms with van der Waals surface area (Å²) in [4.78, 5) is 18.4. The van der Waals surface area contributed by atoms with Crippen LogP contribution < -0.4 is 0 Å². The van der Waals surface area contributed by atoms with Gasteiger partial charge >= 0.3 is 0 Å². The van der Waals surface area contributed by atoms with E-state index in [1.165, 1.54) is 0 Å². The van der Waals surface area contributed by atoms with Crippen LogP contribution in [0.2, 0.25) is 0 Å². The average molecular weight is 301 g/mol. The molecule has 116 valence electrons.